The molecule has 32 heavy (non-hydrogen) atoms. The predicted octanol–water partition coefficient (Wildman–Crippen LogP) is 5.17. The lowest BCUT2D eigenvalue weighted by molar-refractivity contribution is -0.344. The van der Waals surface area contributed by atoms with Crippen molar-refractivity contribution in [3.63, 3.8) is 0 Å². The summed E-state index contributed by atoms with van der Waals surface area (Å²) in [5.74, 6) is 0.0402. The van der Waals surface area contributed by atoms with Gasteiger partial charge >= 0.3 is 0 Å². The predicted molar refractivity (Wildman–Crippen MR) is 124 cm³/mol. The first-order valence-corrected chi connectivity index (χ1v) is 11.0. The maximum Gasteiger partial charge on any atom is 0.212 e. The number of aromatic nitrogens is 1. The van der Waals surface area contributed by atoms with Crippen molar-refractivity contribution < 1.29 is 14.9 Å². The molecule has 1 aliphatic carbocycles. The summed E-state index contributed by atoms with van der Waals surface area (Å²) < 4.78 is 0. The number of aromatic amines is 1. The Morgan fingerprint density at radius 2 is 1.72 bits per heavy atom. The van der Waals surface area contributed by atoms with Crippen LogP contribution in [0.2, 0.25) is 0 Å². The van der Waals surface area contributed by atoms with Gasteiger partial charge in [0, 0.05) is 36.1 Å². The SMILES string of the molecule is O=C1CC(c2ccccc2)C=C2Nc3c(ccc4[nH+]cccc34)C(c3cccc(O)c3)C12. The lowest BCUT2D eigenvalue weighted by Crippen LogP contribution is -2.36. The van der Waals surface area contributed by atoms with Crippen LogP contribution in [0.5, 0.6) is 5.75 Å². The molecular formula is C28H23N2O2+. The van der Waals surface area contributed by atoms with Crippen molar-refractivity contribution in [2.24, 2.45) is 5.92 Å². The lowest BCUT2D eigenvalue weighted by atomic mass is 9.68. The number of ketones is 1. The first-order valence-electron chi connectivity index (χ1n) is 11.0. The molecule has 3 atom stereocenters. The van der Waals surface area contributed by atoms with Crippen molar-refractivity contribution in [3.8, 4) is 5.75 Å². The third-order valence-corrected chi connectivity index (χ3v) is 6.75. The average Bonchev–Trinajstić information content (AvgIpc) is 2.83. The van der Waals surface area contributed by atoms with Gasteiger partial charge in [-0.1, -0.05) is 48.5 Å². The van der Waals surface area contributed by atoms with Gasteiger partial charge in [0.2, 0.25) is 5.52 Å². The van der Waals surface area contributed by atoms with E-state index in [0.29, 0.717) is 6.42 Å². The number of pyridine rings is 1. The van der Waals surface area contributed by atoms with Crippen LogP contribution in [0.25, 0.3) is 10.9 Å². The van der Waals surface area contributed by atoms with Crippen molar-refractivity contribution in [1.82, 2.24) is 0 Å². The third kappa shape index (κ3) is 2.99. The summed E-state index contributed by atoms with van der Waals surface area (Å²) in [7, 11) is 0. The Morgan fingerprint density at radius 1 is 0.875 bits per heavy atom. The van der Waals surface area contributed by atoms with E-state index >= 15 is 0 Å². The molecule has 0 bridgehead atoms. The quantitative estimate of drug-likeness (QED) is 0.471. The van der Waals surface area contributed by atoms with Gasteiger partial charge in [-0.2, -0.15) is 0 Å². The summed E-state index contributed by atoms with van der Waals surface area (Å²) in [5, 5.41) is 14.9. The second-order valence-electron chi connectivity index (χ2n) is 8.65. The summed E-state index contributed by atoms with van der Waals surface area (Å²) in [6.07, 6.45) is 4.62. The van der Waals surface area contributed by atoms with E-state index in [1.165, 1.54) is 0 Å². The molecular weight excluding hydrogens is 396 g/mol. The first-order chi connectivity index (χ1) is 15.7. The number of aromatic hydroxyl groups is 1. The Morgan fingerprint density at radius 3 is 2.56 bits per heavy atom. The molecule has 0 fully saturated rings. The van der Waals surface area contributed by atoms with E-state index in [1.807, 2.05) is 42.6 Å². The van der Waals surface area contributed by atoms with Crippen molar-refractivity contribution >= 4 is 22.4 Å². The maximum absolute atomic E-state index is 13.6. The third-order valence-electron chi connectivity index (χ3n) is 6.75. The molecule has 4 nitrogen and oxygen atoms in total. The molecule has 6 rings (SSSR count). The molecule has 3 aromatic carbocycles. The minimum atomic E-state index is -0.297. The zero-order valence-corrected chi connectivity index (χ0v) is 17.5. The summed E-state index contributed by atoms with van der Waals surface area (Å²) in [4.78, 5) is 16.9. The van der Waals surface area contributed by atoms with Gasteiger partial charge < -0.3 is 10.4 Å². The van der Waals surface area contributed by atoms with Crippen LogP contribution in [-0.2, 0) is 4.79 Å². The summed E-state index contributed by atoms with van der Waals surface area (Å²) in [5.41, 5.74) is 6.20. The normalized spacial score (nSPS) is 21.9. The van der Waals surface area contributed by atoms with Crippen LogP contribution < -0.4 is 10.3 Å². The van der Waals surface area contributed by atoms with Crippen molar-refractivity contribution in [2.75, 3.05) is 5.32 Å². The number of rotatable bonds is 2. The van der Waals surface area contributed by atoms with Crippen LogP contribution in [0.3, 0.4) is 0 Å². The van der Waals surface area contributed by atoms with E-state index in [2.05, 4.69) is 46.7 Å². The first kappa shape index (κ1) is 18.8. The van der Waals surface area contributed by atoms with E-state index in [1.54, 1.807) is 12.1 Å². The van der Waals surface area contributed by atoms with Crippen LogP contribution >= 0.6 is 0 Å². The van der Waals surface area contributed by atoms with E-state index in [-0.39, 0.29) is 29.3 Å². The molecule has 3 unspecified atom stereocenters. The Labute approximate surface area is 186 Å². The topological polar surface area (TPSA) is 63.5 Å². The van der Waals surface area contributed by atoms with Crippen molar-refractivity contribution in [2.45, 2.75) is 18.3 Å². The summed E-state index contributed by atoms with van der Waals surface area (Å²) in [6.45, 7) is 0. The number of hydrogen-bond donors (Lipinski definition) is 2. The standard InChI is InChI=1S/C28H22N2O2/c31-20-9-4-8-18(14-20)26-22-11-12-23-21(10-5-13-29-23)28(22)30-24-15-19(16-25(32)27(24)26)17-6-2-1-3-7-17/h1-15,19,26-27,30-31H,16H2/p+1. The minimum Gasteiger partial charge on any atom is -0.508 e. The molecule has 0 amide bonds. The Bertz CT molecular complexity index is 1380. The molecule has 0 radical (unpaired) electrons. The number of phenols is 1. The van der Waals surface area contributed by atoms with Crippen LogP contribution in [0, 0.1) is 5.92 Å². The van der Waals surface area contributed by atoms with Crippen LogP contribution in [0.4, 0.5) is 5.69 Å². The summed E-state index contributed by atoms with van der Waals surface area (Å²) >= 11 is 0. The largest absolute Gasteiger partial charge is 0.508 e. The summed E-state index contributed by atoms with van der Waals surface area (Å²) in [6, 6.07) is 25.8. The molecule has 1 aromatic heterocycles. The van der Waals surface area contributed by atoms with E-state index in [0.717, 1.165) is 39.0 Å². The van der Waals surface area contributed by atoms with Gasteiger partial charge in [0.05, 0.1) is 17.0 Å². The maximum atomic E-state index is 13.6. The molecule has 0 saturated carbocycles. The highest BCUT2D eigenvalue weighted by Crippen LogP contribution is 2.50. The molecule has 0 saturated heterocycles. The minimum absolute atomic E-state index is 0.0513. The van der Waals surface area contributed by atoms with Crippen molar-refractivity contribution in [1.29, 1.82) is 0 Å². The van der Waals surface area contributed by atoms with Gasteiger partial charge in [0.1, 0.15) is 11.5 Å². The fourth-order valence-corrected chi connectivity index (χ4v) is 5.33. The van der Waals surface area contributed by atoms with E-state index in [4.69, 9.17) is 0 Å². The number of nitrogens with one attached hydrogen (secondary N) is 2. The van der Waals surface area contributed by atoms with Gasteiger partial charge in [0.25, 0.3) is 0 Å². The van der Waals surface area contributed by atoms with Gasteiger partial charge in [-0.15, -0.1) is 0 Å². The molecule has 3 N–H and O–H groups in total. The number of carbonyl (C=O) groups is 1. The molecule has 2 aliphatic rings. The van der Waals surface area contributed by atoms with Crippen LogP contribution in [-0.4, -0.2) is 10.9 Å². The smallest absolute Gasteiger partial charge is 0.212 e. The number of hydrogen-bond acceptors (Lipinski definition) is 3. The number of anilines is 1. The highest BCUT2D eigenvalue weighted by Gasteiger charge is 2.42. The molecule has 4 aromatic rings. The average molecular weight is 420 g/mol. The van der Waals surface area contributed by atoms with E-state index < -0.39 is 0 Å². The van der Waals surface area contributed by atoms with Crippen molar-refractivity contribution in [3.05, 3.63) is 114 Å². The monoisotopic (exact) mass is 419 g/mol. The Kier molecular flexibility index (Phi) is 4.32. The number of allylic oxidation sites excluding steroid dienone is 2. The zero-order valence-electron chi connectivity index (χ0n) is 17.5. The van der Waals surface area contributed by atoms with Crippen LogP contribution in [0.1, 0.15) is 34.9 Å². The molecule has 1 aliphatic heterocycles. The van der Waals surface area contributed by atoms with Crippen LogP contribution in [0.15, 0.2) is 96.8 Å². The van der Waals surface area contributed by atoms with Gasteiger partial charge in [-0.3, -0.25) is 4.79 Å². The number of H-pyrrole nitrogens is 1. The molecule has 156 valence electrons. The van der Waals surface area contributed by atoms with E-state index in [9.17, 15) is 9.90 Å². The number of phenolic OH excluding ortho intramolecular Hbond substituents is 1. The highest BCUT2D eigenvalue weighted by molar-refractivity contribution is 5.97. The Hall–Kier alpha value is -3.92. The number of benzene rings is 3. The number of carbonyl (C=O) groups excluding carboxylic acids is 1. The zero-order chi connectivity index (χ0) is 21.7. The van der Waals surface area contributed by atoms with Gasteiger partial charge in [-0.25, -0.2) is 4.98 Å². The Balaban J connectivity index is 1.58. The number of Topliss-reactive ketones (excluding diaryl/α,β-unsaturated/α-hetero) is 1. The molecule has 0 spiro atoms. The second kappa shape index (κ2) is 7.34. The van der Waals surface area contributed by atoms with Gasteiger partial charge in [0.15, 0.2) is 6.20 Å². The highest BCUT2D eigenvalue weighted by atomic mass is 16.3. The fraction of sp³-hybridized carbons (Fsp3) is 0.143. The molecule has 2 heterocycles. The fourth-order valence-electron chi connectivity index (χ4n) is 5.33. The molecule has 4 heteroatoms. The van der Waals surface area contributed by atoms with Gasteiger partial charge in [-0.05, 0) is 41.0 Å². The second-order valence-corrected chi connectivity index (χ2v) is 8.65. The number of fused-ring (bicyclic) bond motifs is 4. The lowest BCUT2D eigenvalue weighted by Gasteiger charge is -2.39.